The van der Waals surface area contributed by atoms with Crippen molar-refractivity contribution < 1.29 is 37.1 Å². The van der Waals surface area contributed by atoms with Gasteiger partial charge >= 0.3 is 18.2 Å². The minimum absolute atomic E-state index is 0.0323. The van der Waals surface area contributed by atoms with Gasteiger partial charge in [-0.25, -0.2) is 4.79 Å². The summed E-state index contributed by atoms with van der Waals surface area (Å²) in [6, 6.07) is 3.52. The Labute approximate surface area is 158 Å². The van der Waals surface area contributed by atoms with E-state index >= 15 is 0 Å². The maximum absolute atomic E-state index is 12.7. The smallest absolute Gasteiger partial charge is 0.416 e. The van der Waals surface area contributed by atoms with E-state index < -0.39 is 41.7 Å². The van der Waals surface area contributed by atoms with Gasteiger partial charge in [-0.3, -0.25) is 19.3 Å². The zero-order valence-electron chi connectivity index (χ0n) is 14.8. The van der Waals surface area contributed by atoms with Crippen molar-refractivity contribution in [3.63, 3.8) is 0 Å². The van der Waals surface area contributed by atoms with E-state index in [4.69, 9.17) is 4.74 Å². The molecule has 0 radical (unpaired) electrons. The van der Waals surface area contributed by atoms with E-state index in [1.165, 1.54) is 13.0 Å². The fourth-order valence-corrected chi connectivity index (χ4v) is 2.39. The highest BCUT2D eigenvalue weighted by Gasteiger charge is 2.31. The van der Waals surface area contributed by atoms with Crippen LogP contribution in [0.5, 0.6) is 0 Å². The molecule has 1 aromatic rings. The molecule has 0 aliphatic carbocycles. The average Bonchev–Trinajstić information content (AvgIpc) is 2.93. The molecule has 1 aliphatic heterocycles. The number of urea groups is 1. The first kappa shape index (κ1) is 21.2. The van der Waals surface area contributed by atoms with Crippen molar-refractivity contribution in [1.29, 1.82) is 0 Å². The number of ether oxygens (including phenoxy) is 1. The van der Waals surface area contributed by atoms with E-state index in [1.54, 1.807) is 0 Å². The molecule has 8 nitrogen and oxygen atoms in total. The maximum Gasteiger partial charge on any atom is 0.416 e. The fourth-order valence-electron chi connectivity index (χ4n) is 2.39. The standard InChI is InChI=1S/C17H18F3N3O5/c1-10(15(26)22-12-5-2-4-11(8-12)17(18,19)20)28-14(25)6-3-7-23-13(24)9-21-16(23)27/h2,4-5,8,10H,3,6-7,9H2,1H3,(H,21,27)(H,22,26)/t10-/m1/s1. The van der Waals surface area contributed by atoms with E-state index in [0.717, 1.165) is 23.1 Å². The van der Waals surface area contributed by atoms with Crippen LogP contribution in [0.4, 0.5) is 23.7 Å². The lowest BCUT2D eigenvalue weighted by molar-refractivity contribution is -0.153. The monoisotopic (exact) mass is 401 g/mol. The second-order valence-corrected chi connectivity index (χ2v) is 6.01. The largest absolute Gasteiger partial charge is 0.453 e. The van der Waals surface area contributed by atoms with E-state index in [1.807, 2.05) is 0 Å². The van der Waals surface area contributed by atoms with Crippen molar-refractivity contribution in [3.8, 4) is 0 Å². The summed E-state index contributed by atoms with van der Waals surface area (Å²) < 4.78 is 43.0. The lowest BCUT2D eigenvalue weighted by Crippen LogP contribution is -2.33. The summed E-state index contributed by atoms with van der Waals surface area (Å²) in [6.07, 6.45) is -5.77. The summed E-state index contributed by atoms with van der Waals surface area (Å²) in [7, 11) is 0. The summed E-state index contributed by atoms with van der Waals surface area (Å²) in [5.74, 6) is -1.92. The Balaban J connectivity index is 1.79. The van der Waals surface area contributed by atoms with Crippen molar-refractivity contribution >= 4 is 29.5 Å². The third kappa shape index (κ3) is 5.69. The van der Waals surface area contributed by atoms with Gasteiger partial charge in [0, 0.05) is 18.7 Å². The van der Waals surface area contributed by atoms with Gasteiger partial charge in [-0.15, -0.1) is 0 Å². The number of benzene rings is 1. The fraction of sp³-hybridized carbons (Fsp3) is 0.412. The number of carbonyl (C=O) groups is 4. The molecular weight excluding hydrogens is 383 g/mol. The first-order valence-corrected chi connectivity index (χ1v) is 8.33. The Hall–Kier alpha value is -3.11. The number of anilines is 1. The van der Waals surface area contributed by atoms with E-state index in [-0.39, 0.29) is 31.6 Å². The highest BCUT2D eigenvalue weighted by Crippen LogP contribution is 2.30. The third-order valence-corrected chi connectivity index (χ3v) is 3.83. The molecule has 4 amide bonds. The molecule has 152 valence electrons. The van der Waals surface area contributed by atoms with E-state index in [0.29, 0.717) is 0 Å². The number of esters is 1. The van der Waals surface area contributed by atoms with Crippen LogP contribution >= 0.6 is 0 Å². The van der Waals surface area contributed by atoms with Crippen LogP contribution < -0.4 is 10.6 Å². The van der Waals surface area contributed by atoms with Crippen molar-refractivity contribution in [2.24, 2.45) is 0 Å². The molecule has 1 fully saturated rings. The zero-order valence-corrected chi connectivity index (χ0v) is 14.8. The van der Waals surface area contributed by atoms with Crippen molar-refractivity contribution in [3.05, 3.63) is 29.8 Å². The molecule has 2 rings (SSSR count). The van der Waals surface area contributed by atoms with Gasteiger partial charge in [-0.1, -0.05) is 6.07 Å². The number of hydrogen-bond acceptors (Lipinski definition) is 5. The maximum atomic E-state index is 12.7. The molecule has 2 N–H and O–H groups in total. The topological polar surface area (TPSA) is 105 Å². The molecule has 0 aromatic heterocycles. The van der Waals surface area contributed by atoms with Gasteiger partial charge in [-0.2, -0.15) is 13.2 Å². The number of halogens is 3. The van der Waals surface area contributed by atoms with Gasteiger partial charge in [0.25, 0.3) is 5.91 Å². The summed E-state index contributed by atoms with van der Waals surface area (Å²) in [5, 5.41) is 4.59. The molecule has 0 bridgehead atoms. The molecule has 1 aliphatic rings. The second kappa shape index (κ2) is 8.72. The van der Waals surface area contributed by atoms with Crippen LogP contribution in [0.2, 0.25) is 0 Å². The number of alkyl halides is 3. The Morgan fingerprint density at radius 2 is 2.04 bits per heavy atom. The SMILES string of the molecule is C[C@@H](OC(=O)CCCN1C(=O)CNC1=O)C(=O)Nc1cccc(C(F)(F)F)c1. The van der Waals surface area contributed by atoms with Crippen LogP contribution in [0.15, 0.2) is 24.3 Å². The first-order valence-electron chi connectivity index (χ1n) is 8.33. The van der Waals surface area contributed by atoms with Gasteiger partial charge in [-0.05, 0) is 31.5 Å². The molecule has 0 saturated carbocycles. The van der Waals surface area contributed by atoms with Gasteiger partial charge < -0.3 is 15.4 Å². The predicted octanol–water partition coefficient (Wildman–Crippen LogP) is 1.91. The normalized spacial score (nSPS) is 15.2. The molecule has 1 saturated heterocycles. The number of hydrogen-bond donors (Lipinski definition) is 2. The average molecular weight is 401 g/mol. The highest BCUT2D eigenvalue weighted by atomic mass is 19.4. The number of rotatable bonds is 7. The number of amides is 4. The Kier molecular flexibility index (Phi) is 6.60. The molecule has 0 spiro atoms. The van der Waals surface area contributed by atoms with Gasteiger partial charge in [0.1, 0.15) is 0 Å². The van der Waals surface area contributed by atoms with Crippen LogP contribution in [0, 0.1) is 0 Å². The molecular formula is C17H18F3N3O5. The number of nitrogens with one attached hydrogen (secondary N) is 2. The minimum atomic E-state index is -4.55. The number of carbonyl (C=O) groups excluding carboxylic acids is 4. The molecule has 28 heavy (non-hydrogen) atoms. The van der Waals surface area contributed by atoms with E-state index in [9.17, 15) is 32.3 Å². The third-order valence-electron chi connectivity index (χ3n) is 3.83. The van der Waals surface area contributed by atoms with Crippen molar-refractivity contribution in [2.45, 2.75) is 32.0 Å². The summed E-state index contributed by atoms with van der Waals surface area (Å²) in [4.78, 5) is 47.5. The summed E-state index contributed by atoms with van der Waals surface area (Å²) in [5.41, 5.74) is -1.00. The van der Waals surface area contributed by atoms with Crippen LogP contribution in [-0.2, 0) is 25.3 Å². The van der Waals surface area contributed by atoms with Gasteiger partial charge in [0.2, 0.25) is 5.91 Å². The van der Waals surface area contributed by atoms with Crippen molar-refractivity contribution in [1.82, 2.24) is 10.2 Å². The van der Waals surface area contributed by atoms with Crippen molar-refractivity contribution in [2.75, 3.05) is 18.4 Å². The van der Waals surface area contributed by atoms with Crippen LogP contribution in [0.3, 0.4) is 0 Å². The molecule has 0 unspecified atom stereocenters. The second-order valence-electron chi connectivity index (χ2n) is 6.01. The quantitative estimate of drug-likeness (QED) is 0.537. The lowest BCUT2D eigenvalue weighted by atomic mass is 10.2. The molecule has 1 aromatic carbocycles. The molecule has 1 atom stereocenters. The van der Waals surface area contributed by atoms with E-state index in [2.05, 4.69) is 10.6 Å². The minimum Gasteiger partial charge on any atom is -0.453 e. The lowest BCUT2D eigenvalue weighted by Gasteiger charge is -2.15. The predicted molar refractivity (Wildman–Crippen MR) is 90.0 cm³/mol. The Morgan fingerprint density at radius 3 is 2.64 bits per heavy atom. The van der Waals surface area contributed by atoms with Crippen LogP contribution in [-0.4, -0.2) is 47.9 Å². The van der Waals surface area contributed by atoms with Crippen LogP contribution in [0.25, 0.3) is 0 Å². The molecule has 11 heteroatoms. The summed E-state index contributed by atoms with van der Waals surface area (Å²) in [6.45, 7) is 1.22. The number of imide groups is 1. The Bertz CT molecular complexity index is 766. The Morgan fingerprint density at radius 1 is 1.32 bits per heavy atom. The highest BCUT2D eigenvalue weighted by molar-refractivity contribution is 6.02. The van der Waals surface area contributed by atoms with Crippen LogP contribution in [0.1, 0.15) is 25.3 Å². The zero-order chi connectivity index (χ0) is 20.9. The number of nitrogens with zero attached hydrogens (tertiary/aromatic N) is 1. The van der Waals surface area contributed by atoms with Gasteiger partial charge in [0.15, 0.2) is 6.10 Å². The van der Waals surface area contributed by atoms with Gasteiger partial charge in [0.05, 0.1) is 12.1 Å². The molecule has 1 heterocycles. The first-order chi connectivity index (χ1) is 13.1. The summed E-state index contributed by atoms with van der Waals surface area (Å²) >= 11 is 0.